The number of aliphatic hydroxyl groups excluding tert-OH is 2. The Balaban J connectivity index is 1.39. The molecule has 0 saturated carbocycles. The molecule has 0 aliphatic carbocycles. The van der Waals surface area contributed by atoms with Crippen LogP contribution >= 0.6 is 0 Å². The Kier molecular flexibility index (Phi) is 14.6. The summed E-state index contributed by atoms with van der Waals surface area (Å²) >= 11 is 0. The van der Waals surface area contributed by atoms with Crippen molar-refractivity contribution in [3.63, 3.8) is 0 Å². The van der Waals surface area contributed by atoms with Crippen LogP contribution in [0.1, 0.15) is 51.6 Å². The molecule has 4 aromatic rings. The molecule has 0 spiro atoms. The first-order valence-electron chi connectivity index (χ1n) is 17.6. The van der Waals surface area contributed by atoms with Crippen molar-refractivity contribution in [1.29, 1.82) is 0 Å². The van der Waals surface area contributed by atoms with Gasteiger partial charge in [-0.1, -0.05) is 68.4 Å². The highest BCUT2D eigenvalue weighted by atomic mass is 16.6. The molecule has 0 fully saturated rings. The number of aromatic hydroxyl groups is 1. The molecule has 0 unspecified atom stereocenters. The predicted molar refractivity (Wildman–Crippen MR) is 198 cm³/mol. The Morgan fingerprint density at radius 1 is 0.774 bits per heavy atom. The van der Waals surface area contributed by atoms with Gasteiger partial charge < -0.3 is 50.5 Å². The van der Waals surface area contributed by atoms with E-state index in [0.29, 0.717) is 17.5 Å². The number of aliphatic hydroxyl groups is 2. The van der Waals surface area contributed by atoms with Gasteiger partial charge in [-0.2, -0.15) is 0 Å². The summed E-state index contributed by atoms with van der Waals surface area (Å²) in [7, 11) is 0. The fourth-order valence-corrected chi connectivity index (χ4v) is 5.53. The Bertz CT molecular complexity index is 1730. The molecule has 0 aliphatic heterocycles. The zero-order chi connectivity index (χ0) is 38.5. The van der Waals surface area contributed by atoms with Crippen molar-refractivity contribution in [3.8, 4) is 5.75 Å². The molecule has 53 heavy (non-hydrogen) atoms. The third kappa shape index (κ3) is 13.4. The number of phenols is 1. The topological polar surface area (TPSA) is 205 Å². The largest absolute Gasteiger partial charge is 0.508 e. The first-order valence-corrected chi connectivity index (χ1v) is 17.6. The average molecular weight is 734 g/mol. The number of benzene rings is 3. The van der Waals surface area contributed by atoms with Crippen LogP contribution in [-0.2, 0) is 33.7 Å². The molecule has 4 rings (SSSR count). The van der Waals surface area contributed by atoms with E-state index in [1.165, 1.54) is 12.1 Å². The van der Waals surface area contributed by atoms with Gasteiger partial charge in [0.2, 0.25) is 11.8 Å². The molecular formula is C39H51N5O9. The van der Waals surface area contributed by atoms with E-state index in [9.17, 15) is 29.7 Å². The predicted octanol–water partition coefficient (Wildman–Crippen LogP) is 3.96. The van der Waals surface area contributed by atoms with Crippen LogP contribution in [0.3, 0.4) is 0 Å². The number of ether oxygens (including phenoxy) is 2. The molecule has 3 aromatic carbocycles. The van der Waals surface area contributed by atoms with Crippen molar-refractivity contribution in [3.05, 3.63) is 95.9 Å². The van der Waals surface area contributed by atoms with Crippen LogP contribution in [0.25, 0.3) is 11.1 Å². The quantitative estimate of drug-likeness (QED) is 0.0828. The summed E-state index contributed by atoms with van der Waals surface area (Å²) in [6.07, 6.45) is -3.25. The second-order valence-electron chi connectivity index (χ2n) is 14.2. The van der Waals surface area contributed by atoms with Gasteiger partial charge in [-0.25, -0.2) is 14.6 Å². The number of nitrogens with one attached hydrogen (secondary N) is 4. The zero-order valence-corrected chi connectivity index (χ0v) is 30.7. The number of amides is 3. The van der Waals surface area contributed by atoms with Gasteiger partial charge in [0.05, 0.1) is 24.3 Å². The van der Waals surface area contributed by atoms with Crippen molar-refractivity contribution >= 4 is 29.2 Å². The molecule has 0 bridgehead atoms. The summed E-state index contributed by atoms with van der Waals surface area (Å²) in [5.74, 6) is -0.638. The van der Waals surface area contributed by atoms with E-state index in [1.54, 1.807) is 65.0 Å². The van der Waals surface area contributed by atoms with Gasteiger partial charge in [0, 0.05) is 13.1 Å². The normalized spacial score (nSPS) is 14.5. The summed E-state index contributed by atoms with van der Waals surface area (Å²) in [4.78, 5) is 43.3. The molecule has 0 radical (unpaired) electrons. The number of hydrogen-bond donors (Lipinski definition) is 7. The molecule has 1 heterocycles. The van der Waals surface area contributed by atoms with Gasteiger partial charge in [0.1, 0.15) is 22.9 Å². The van der Waals surface area contributed by atoms with Crippen molar-refractivity contribution in [2.75, 3.05) is 13.1 Å². The van der Waals surface area contributed by atoms with Crippen molar-refractivity contribution in [1.82, 2.24) is 26.3 Å². The van der Waals surface area contributed by atoms with Gasteiger partial charge >= 0.3 is 12.2 Å². The molecule has 5 atom stereocenters. The minimum absolute atomic E-state index is 0.00760. The van der Waals surface area contributed by atoms with Gasteiger partial charge in [-0.3, -0.25) is 4.79 Å². The fourth-order valence-electron chi connectivity index (χ4n) is 5.53. The summed E-state index contributed by atoms with van der Waals surface area (Å²) < 4.78 is 16.3. The summed E-state index contributed by atoms with van der Waals surface area (Å²) in [6.45, 7) is 8.47. The molecule has 7 N–H and O–H groups in total. The van der Waals surface area contributed by atoms with Crippen molar-refractivity contribution in [2.24, 2.45) is 5.92 Å². The first kappa shape index (κ1) is 40.6. The van der Waals surface area contributed by atoms with Gasteiger partial charge in [-0.05, 0) is 74.9 Å². The number of rotatable bonds is 17. The number of fused-ring (bicyclic) bond motifs is 1. The average Bonchev–Trinajstić information content (AvgIpc) is 3.52. The highest BCUT2D eigenvalue weighted by Crippen LogP contribution is 2.17. The highest BCUT2D eigenvalue weighted by molar-refractivity contribution is 5.86. The highest BCUT2D eigenvalue weighted by Gasteiger charge is 2.30. The van der Waals surface area contributed by atoms with E-state index in [4.69, 9.17) is 13.9 Å². The second kappa shape index (κ2) is 19.1. The van der Waals surface area contributed by atoms with Crippen LogP contribution in [0.5, 0.6) is 5.75 Å². The van der Waals surface area contributed by atoms with E-state index in [-0.39, 0.29) is 43.7 Å². The number of alkyl carbamates (subject to hydrolysis) is 2. The van der Waals surface area contributed by atoms with E-state index in [2.05, 4.69) is 26.3 Å². The molecule has 3 amide bonds. The summed E-state index contributed by atoms with van der Waals surface area (Å²) in [6, 6.07) is 20.3. The number of oxazole rings is 1. The lowest BCUT2D eigenvalue weighted by Gasteiger charge is -2.30. The van der Waals surface area contributed by atoms with Crippen LogP contribution in [0, 0.1) is 5.92 Å². The zero-order valence-electron chi connectivity index (χ0n) is 30.7. The lowest BCUT2D eigenvalue weighted by Crippen LogP contribution is -2.57. The Morgan fingerprint density at radius 2 is 1.36 bits per heavy atom. The molecule has 14 nitrogen and oxygen atoms in total. The fraction of sp³-hybridized carbons (Fsp3) is 0.436. The maximum Gasteiger partial charge on any atom is 0.408 e. The number of carbonyl (C=O) groups excluding carboxylic acids is 3. The third-order valence-corrected chi connectivity index (χ3v) is 8.24. The van der Waals surface area contributed by atoms with Crippen LogP contribution in [-0.4, -0.2) is 87.4 Å². The van der Waals surface area contributed by atoms with E-state index >= 15 is 0 Å². The number of nitrogens with zero attached hydrogens (tertiary/aromatic N) is 1. The van der Waals surface area contributed by atoms with E-state index in [1.807, 2.05) is 36.4 Å². The lowest BCUT2D eigenvalue weighted by atomic mass is 9.98. The van der Waals surface area contributed by atoms with E-state index in [0.717, 1.165) is 11.1 Å². The standard InChI is InChI=1S/C39H51N5O9/c1-24(2)35(44-37(49)51-23-34-41-28-13-9-10-14-33(28)52-34)36(48)42-29(20-26-15-17-27(45)18-16-26)31(46)21-40-22-32(47)30(19-25-11-7-6-8-12-25)43-38(50)53-39(3,4)5/h6-18,24,29-32,35,40,45-47H,19-23H2,1-5H3,(H,42,48)(H,43,50)(H,44,49)/t29-,30-,31+,32+,35-/m0/s1. The van der Waals surface area contributed by atoms with Gasteiger partial charge in [0.15, 0.2) is 12.2 Å². The molecule has 0 aliphatic rings. The number of hydrogen-bond acceptors (Lipinski definition) is 11. The number of para-hydroxylation sites is 2. The maximum atomic E-state index is 13.6. The van der Waals surface area contributed by atoms with Gasteiger partial charge in [-0.15, -0.1) is 0 Å². The summed E-state index contributed by atoms with van der Waals surface area (Å²) in [5.41, 5.74) is 2.06. The molecule has 286 valence electrons. The summed E-state index contributed by atoms with van der Waals surface area (Å²) in [5, 5.41) is 43.6. The van der Waals surface area contributed by atoms with Crippen LogP contribution in [0.4, 0.5) is 9.59 Å². The minimum atomic E-state index is -1.16. The third-order valence-electron chi connectivity index (χ3n) is 8.24. The SMILES string of the molecule is CC(C)[C@H](NC(=O)OCc1nc2ccccc2o1)C(=O)N[C@@H](Cc1ccc(O)cc1)[C@H](O)CNC[C@@H](O)[C@H](Cc1ccccc1)NC(=O)OC(C)(C)C. The number of carbonyl (C=O) groups is 3. The van der Waals surface area contributed by atoms with Crippen LogP contribution in [0.2, 0.25) is 0 Å². The Morgan fingerprint density at radius 3 is 1.96 bits per heavy atom. The lowest BCUT2D eigenvalue weighted by molar-refractivity contribution is -0.125. The molecular weight excluding hydrogens is 682 g/mol. The minimum Gasteiger partial charge on any atom is -0.508 e. The van der Waals surface area contributed by atoms with Crippen molar-refractivity contribution < 1.29 is 43.6 Å². The molecule has 14 heteroatoms. The van der Waals surface area contributed by atoms with Gasteiger partial charge in [0.25, 0.3) is 0 Å². The molecule has 0 saturated heterocycles. The number of phenolic OH excluding ortho intramolecular Hbond substituents is 1. The number of aromatic nitrogens is 1. The Hall–Kier alpha value is -5.18. The smallest absolute Gasteiger partial charge is 0.408 e. The monoisotopic (exact) mass is 733 g/mol. The second-order valence-corrected chi connectivity index (χ2v) is 14.2. The molecule has 1 aromatic heterocycles. The maximum absolute atomic E-state index is 13.6. The van der Waals surface area contributed by atoms with Crippen LogP contribution < -0.4 is 21.3 Å². The Labute approximate surface area is 309 Å². The van der Waals surface area contributed by atoms with Crippen LogP contribution in [0.15, 0.2) is 83.3 Å². The van der Waals surface area contributed by atoms with E-state index < -0.39 is 54.0 Å². The van der Waals surface area contributed by atoms with Crippen molar-refractivity contribution in [2.45, 2.75) is 90.0 Å². The first-order chi connectivity index (χ1) is 25.2.